The van der Waals surface area contributed by atoms with E-state index < -0.39 is 5.92 Å². The van der Waals surface area contributed by atoms with E-state index in [0.717, 1.165) is 5.70 Å². The molecule has 3 nitrogen and oxygen atoms in total. The summed E-state index contributed by atoms with van der Waals surface area (Å²) in [5.41, 5.74) is 0.357. The van der Waals surface area contributed by atoms with Gasteiger partial charge in [0.05, 0.1) is 5.54 Å². The first-order valence-electron chi connectivity index (χ1n) is 8.02. The molecule has 0 spiro atoms. The molecule has 1 aliphatic carbocycles. The molecule has 1 fully saturated rings. The Labute approximate surface area is 136 Å². The van der Waals surface area contributed by atoms with Crippen LogP contribution in [0.1, 0.15) is 46.0 Å². The summed E-state index contributed by atoms with van der Waals surface area (Å²) in [6.45, 7) is 4.53. The first kappa shape index (κ1) is 17.5. The van der Waals surface area contributed by atoms with Crippen LogP contribution >= 0.6 is 0 Å². The maximum Gasteiger partial charge on any atom is 0.248 e. The fourth-order valence-electron chi connectivity index (χ4n) is 2.86. The maximum atomic E-state index is 13.1. The largest absolute Gasteiger partial charge is 0.358 e. The van der Waals surface area contributed by atoms with Crippen LogP contribution in [-0.2, 0) is 4.79 Å². The van der Waals surface area contributed by atoms with Gasteiger partial charge in [0.25, 0.3) is 0 Å². The Balaban J connectivity index is 1.79. The Morgan fingerprint density at radius 1 is 1.48 bits per heavy atom. The number of carbonyl (C=O) groups is 1. The van der Waals surface area contributed by atoms with Crippen LogP contribution in [0.25, 0.3) is 0 Å². The molecule has 126 valence electrons. The lowest BCUT2D eigenvalue weighted by atomic mass is 9.84. The highest BCUT2D eigenvalue weighted by Crippen LogP contribution is 2.37. The molecular weight excluding hydrogens is 298 g/mol. The Morgan fingerprint density at radius 3 is 2.65 bits per heavy atom. The molecular formula is C18H24F2N2O. The molecule has 2 aliphatic rings. The van der Waals surface area contributed by atoms with E-state index in [-0.39, 0.29) is 30.2 Å². The molecule has 0 aromatic rings. The number of nitrogens with zero attached hydrogens (tertiary/aromatic N) is 1. The number of halogens is 2. The average molecular weight is 322 g/mol. The van der Waals surface area contributed by atoms with Crippen LogP contribution in [0.2, 0.25) is 0 Å². The van der Waals surface area contributed by atoms with E-state index >= 15 is 0 Å². The minimum Gasteiger partial charge on any atom is -0.358 e. The van der Waals surface area contributed by atoms with Crippen LogP contribution in [-0.4, -0.2) is 28.8 Å². The molecule has 2 rings (SSSR count). The van der Waals surface area contributed by atoms with Gasteiger partial charge >= 0.3 is 0 Å². The van der Waals surface area contributed by atoms with Crippen molar-refractivity contribution < 1.29 is 13.6 Å². The van der Waals surface area contributed by atoms with Gasteiger partial charge in [-0.15, -0.1) is 6.42 Å². The summed E-state index contributed by atoms with van der Waals surface area (Å²) in [6.07, 6.45) is 12.0. The smallest absolute Gasteiger partial charge is 0.248 e. The summed E-state index contributed by atoms with van der Waals surface area (Å²) < 4.78 is 26.2. The van der Waals surface area contributed by atoms with Gasteiger partial charge in [-0.1, -0.05) is 5.92 Å². The van der Waals surface area contributed by atoms with Crippen molar-refractivity contribution in [2.24, 2.45) is 5.92 Å². The molecule has 1 saturated carbocycles. The van der Waals surface area contributed by atoms with Crippen LogP contribution in [0.3, 0.4) is 0 Å². The van der Waals surface area contributed by atoms with Crippen molar-refractivity contribution in [2.75, 3.05) is 6.54 Å². The fourth-order valence-corrected chi connectivity index (χ4v) is 2.86. The molecule has 0 aromatic heterocycles. The lowest BCUT2D eigenvalue weighted by Gasteiger charge is -2.34. The maximum absolute atomic E-state index is 13.1. The van der Waals surface area contributed by atoms with Gasteiger partial charge in [0.1, 0.15) is 0 Å². The first-order valence-corrected chi connectivity index (χ1v) is 8.02. The lowest BCUT2D eigenvalue weighted by molar-refractivity contribution is -0.122. The van der Waals surface area contributed by atoms with E-state index in [4.69, 9.17) is 6.42 Å². The summed E-state index contributed by atoms with van der Waals surface area (Å²) in [7, 11) is 0. The van der Waals surface area contributed by atoms with E-state index in [2.05, 4.69) is 11.2 Å². The normalized spacial score (nSPS) is 21.5. The molecule has 1 aliphatic heterocycles. The lowest BCUT2D eigenvalue weighted by Crippen LogP contribution is -2.40. The topological polar surface area (TPSA) is 32.3 Å². The standard InChI is InChI=1S/C18H24F2N2O/c1-4-17(2,3)22-11-7-15(8-12-22)21-16(23)13-14-5-9-18(19,20)10-6-14/h1,7-8,11,14H,5-6,9-10,12-13H2,2-3H3,(H,21,23). The molecule has 0 saturated heterocycles. The van der Waals surface area contributed by atoms with Gasteiger partial charge < -0.3 is 10.2 Å². The van der Waals surface area contributed by atoms with Crippen LogP contribution in [0.15, 0.2) is 24.0 Å². The second kappa shape index (κ2) is 6.74. The second-order valence-electron chi connectivity index (χ2n) is 6.88. The zero-order valence-corrected chi connectivity index (χ0v) is 13.7. The summed E-state index contributed by atoms with van der Waals surface area (Å²) in [4.78, 5) is 14.1. The number of amides is 1. The van der Waals surface area contributed by atoms with Gasteiger partial charge in [-0.2, -0.15) is 0 Å². The third kappa shape index (κ3) is 4.82. The average Bonchev–Trinajstić information content (AvgIpc) is 2.50. The van der Waals surface area contributed by atoms with E-state index in [1.807, 2.05) is 37.1 Å². The van der Waals surface area contributed by atoms with Crippen molar-refractivity contribution in [3.8, 4) is 12.3 Å². The third-order valence-electron chi connectivity index (χ3n) is 4.61. The molecule has 0 unspecified atom stereocenters. The van der Waals surface area contributed by atoms with Crippen molar-refractivity contribution in [1.29, 1.82) is 0 Å². The number of rotatable bonds is 4. The molecule has 1 N–H and O–H groups in total. The molecule has 0 radical (unpaired) electrons. The van der Waals surface area contributed by atoms with Gasteiger partial charge in [-0.3, -0.25) is 4.79 Å². The molecule has 0 aromatic carbocycles. The summed E-state index contributed by atoms with van der Waals surface area (Å²) >= 11 is 0. The molecule has 5 heteroatoms. The zero-order chi connectivity index (χ0) is 17.1. The number of nitrogens with one attached hydrogen (secondary N) is 1. The predicted octanol–water partition coefficient (Wildman–Crippen LogP) is 3.44. The highest BCUT2D eigenvalue weighted by atomic mass is 19.3. The number of terminal acetylenes is 1. The van der Waals surface area contributed by atoms with Crippen molar-refractivity contribution in [2.45, 2.75) is 57.4 Å². The summed E-state index contributed by atoms with van der Waals surface area (Å²) in [6, 6.07) is 0. The highest BCUT2D eigenvalue weighted by molar-refractivity contribution is 5.78. The highest BCUT2D eigenvalue weighted by Gasteiger charge is 2.35. The van der Waals surface area contributed by atoms with Gasteiger partial charge in [0.2, 0.25) is 11.8 Å². The molecule has 0 atom stereocenters. The summed E-state index contributed by atoms with van der Waals surface area (Å²) in [5, 5.41) is 2.85. The van der Waals surface area contributed by atoms with Crippen LogP contribution in [0.4, 0.5) is 8.78 Å². The number of alkyl halides is 2. The minimum atomic E-state index is -2.55. The van der Waals surface area contributed by atoms with E-state index in [9.17, 15) is 13.6 Å². The molecule has 23 heavy (non-hydrogen) atoms. The monoisotopic (exact) mass is 322 g/mol. The zero-order valence-electron chi connectivity index (χ0n) is 13.7. The Kier molecular flexibility index (Phi) is 5.13. The van der Waals surface area contributed by atoms with Crippen LogP contribution in [0, 0.1) is 18.3 Å². The van der Waals surface area contributed by atoms with E-state index in [1.54, 1.807) is 0 Å². The Morgan fingerprint density at radius 2 is 2.13 bits per heavy atom. The van der Waals surface area contributed by atoms with Crippen LogP contribution in [0.5, 0.6) is 0 Å². The van der Waals surface area contributed by atoms with Crippen molar-refractivity contribution in [1.82, 2.24) is 10.2 Å². The van der Waals surface area contributed by atoms with E-state index in [0.29, 0.717) is 25.8 Å². The van der Waals surface area contributed by atoms with Crippen molar-refractivity contribution >= 4 is 5.91 Å². The van der Waals surface area contributed by atoms with Gasteiger partial charge in [-0.05, 0) is 44.8 Å². The number of hydrogen-bond donors (Lipinski definition) is 1. The quantitative estimate of drug-likeness (QED) is 0.804. The Bertz CT molecular complexity index is 548. The molecule has 0 bridgehead atoms. The van der Waals surface area contributed by atoms with Crippen molar-refractivity contribution in [3.63, 3.8) is 0 Å². The molecule has 1 heterocycles. The molecule has 1 amide bonds. The third-order valence-corrected chi connectivity index (χ3v) is 4.61. The second-order valence-corrected chi connectivity index (χ2v) is 6.88. The van der Waals surface area contributed by atoms with Gasteiger partial charge in [0.15, 0.2) is 0 Å². The van der Waals surface area contributed by atoms with E-state index in [1.165, 1.54) is 0 Å². The van der Waals surface area contributed by atoms with Gasteiger partial charge in [-0.25, -0.2) is 8.78 Å². The fraction of sp³-hybridized carbons (Fsp3) is 0.611. The number of carbonyl (C=O) groups excluding carboxylic acids is 1. The van der Waals surface area contributed by atoms with Gasteiger partial charge in [0, 0.05) is 37.7 Å². The number of hydrogen-bond acceptors (Lipinski definition) is 2. The van der Waals surface area contributed by atoms with Crippen LogP contribution < -0.4 is 5.32 Å². The SMILES string of the molecule is C#CC(C)(C)N1C=CC(NC(=O)CC2CCC(F)(F)CC2)=CC1. The summed E-state index contributed by atoms with van der Waals surface area (Å²) in [5.74, 6) is 0.122. The predicted molar refractivity (Wildman–Crippen MR) is 86.5 cm³/mol. The number of allylic oxidation sites excluding steroid dienone is 1. The Hall–Kier alpha value is -1.83. The minimum absolute atomic E-state index is 0.0552. The first-order chi connectivity index (χ1) is 10.7. The van der Waals surface area contributed by atoms with Crippen molar-refractivity contribution in [3.05, 3.63) is 24.0 Å².